The van der Waals surface area contributed by atoms with Crippen molar-refractivity contribution in [1.29, 1.82) is 0 Å². The van der Waals surface area contributed by atoms with Crippen LogP contribution in [-0.2, 0) is 6.54 Å². The lowest BCUT2D eigenvalue weighted by atomic mass is 10.2. The van der Waals surface area contributed by atoms with E-state index in [1.54, 1.807) is 24.3 Å². The van der Waals surface area contributed by atoms with Crippen LogP contribution in [0.1, 0.15) is 5.82 Å². The molecular formula is C17H18N5O+. The Morgan fingerprint density at radius 1 is 0.826 bits per heavy atom. The number of phenolic OH excluding ortho intramolecular Hbond substituents is 1. The van der Waals surface area contributed by atoms with Gasteiger partial charge in [-0.3, -0.25) is 4.48 Å². The van der Waals surface area contributed by atoms with Gasteiger partial charge in [-0.1, -0.05) is 18.2 Å². The first kappa shape index (κ1) is 15.1. The van der Waals surface area contributed by atoms with Crippen molar-refractivity contribution in [1.82, 2.24) is 24.9 Å². The number of aromatic hydroxyl groups is 1. The van der Waals surface area contributed by atoms with Crippen molar-refractivity contribution >= 4 is 5.69 Å². The summed E-state index contributed by atoms with van der Waals surface area (Å²) >= 11 is 0. The van der Waals surface area contributed by atoms with Gasteiger partial charge in [0.1, 0.15) is 18.0 Å². The highest BCUT2D eigenvalue weighted by molar-refractivity contribution is 5.54. The first-order valence-corrected chi connectivity index (χ1v) is 7.29. The van der Waals surface area contributed by atoms with E-state index in [2.05, 4.69) is 46.6 Å². The smallest absolute Gasteiger partial charge is 0.227 e. The van der Waals surface area contributed by atoms with Crippen LogP contribution in [0.4, 0.5) is 5.69 Å². The predicted octanol–water partition coefficient (Wildman–Crippen LogP) is 2.41. The molecule has 3 aromatic rings. The molecule has 2 aromatic carbocycles. The van der Waals surface area contributed by atoms with Crippen LogP contribution in [0.2, 0.25) is 0 Å². The minimum atomic E-state index is 0.202. The van der Waals surface area contributed by atoms with E-state index < -0.39 is 0 Å². The Labute approximate surface area is 134 Å². The third kappa shape index (κ3) is 3.49. The highest BCUT2D eigenvalue weighted by Crippen LogP contribution is 2.20. The second-order valence-electron chi connectivity index (χ2n) is 5.87. The summed E-state index contributed by atoms with van der Waals surface area (Å²) in [7, 11) is 4.18. The number of para-hydroxylation sites is 1. The Hall–Kier alpha value is -2.86. The Balaban J connectivity index is 1.79. The van der Waals surface area contributed by atoms with Crippen molar-refractivity contribution in [3.63, 3.8) is 0 Å². The monoisotopic (exact) mass is 308 g/mol. The van der Waals surface area contributed by atoms with Gasteiger partial charge in [0.15, 0.2) is 0 Å². The van der Waals surface area contributed by atoms with Gasteiger partial charge in [0.05, 0.1) is 14.1 Å². The van der Waals surface area contributed by atoms with Gasteiger partial charge < -0.3 is 5.11 Å². The van der Waals surface area contributed by atoms with Crippen LogP contribution in [0.3, 0.4) is 0 Å². The normalized spacial score (nSPS) is 11.4. The van der Waals surface area contributed by atoms with E-state index in [9.17, 15) is 5.11 Å². The quantitative estimate of drug-likeness (QED) is 0.749. The maximum Gasteiger partial charge on any atom is 0.227 e. The minimum absolute atomic E-state index is 0.202. The molecule has 1 heterocycles. The fourth-order valence-electron chi connectivity index (χ4n) is 2.32. The molecule has 0 saturated heterocycles. The molecule has 0 aliphatic carbocycles. The summed E-state index contributed by atoms with van der Waals surface area (Å²) in [6, 6.07) is 16.8. The lowest BCUT2D eigenvalue weighted by Gasteiger charge is -2.27. The van der Waals surface area contributed by atoms with E-state index in [4.69, 9.17) is 0 Å². The molecule has 0 saturated carbocycles. The number of rotatable bonds is 4. The highest BCUT2D eigenvalue weighted by Gasteiger charge is 2.21. The topological polar surface area (TPSA) is 71.8 Å². The lowest BCUT2D eigenvalue weighted by Crippen LogP contribution is -2.40. The Bertz CT molecular complexity index is 770. The first-order chi connectivity index (χ1) is 11.0. The number of aromatic nitrogens is 4. The Morgan fingerprint density at radius 3 is 2.04 bits per heavy atom. The minimum Gasteiger partial charge on any atom is -0.508 e. The molecule has 1 N–H and O–H groups in total. The largest absolute Gasteiger partial charge is 0.508 e. The standard InChI is InChI=1S/C17H17N5O/c1-22(2,14-6-4-3-5-7-14)12-16-18-20-17(21-19-16)13-8-10-15(23)11-9-13/h3-11H,12H2,1-2H3/p+1. The van der Waals surface area contributed by atoms with Crippen LogP contribution in [0.5, 0.6) is 5.75 Å². The molecule has 0 aliphatic heterocycles. The molecule has 116 valence electrons. The Morgan fingerprint density at radius 2 is 1.43 bits per heavy atom. The van der Waals surface area contributed by atoms with Crippen LogP contribution in [0.25, 0.3) is 11.4 Å². The van der Waals surface area contributed by atoms with Gasteiger partial charge in [-0.15, -0.1) is 20.4 Å². The summed E-state index contributed by atoms with van der Waals surface area (Å²) in [4.78, 5) is 0. The van der Waals surface area contributed by atoms with Crippen molar-refractivity contribution in [2.75, 3.05) is 14.1 Å². The SMILES string of the molecule is C[N+](C)(Cc1nnc(-c2ccc(O)cc2)nn1)c1ccccc1. The number of quaternary nitrogens is 1. The van der Waals surface area contributed by atoms with E-state index in [0.29, 0.717) is 22.7 Å². The van der Waals surface area contributed by atoms with E-state index in [-0.39, 0.29) is 5.75 Å². The third-order valence-corrected chi connectivity index (χ3v) is 3.64. The van der Waals surface area contributed by atoms with Gasteiger partial charge in [-0.2, -0.15) is 0 Å². The summed E-state index contributed by atoms with van der Waals surface area (Å²) in [5.74, 6) is 1.23. The van der Waals surface area contributed by atoms with Crippen molar-refractivity contribution in [3.05, 3.63) is 60.4 Å². The molecule has 0 spiro atoms. The summed E-state index contributed by atoms with van der Waals surface area (Å²) in [5.41, 5.74) is 1.94. The van der Waals surface area contributed by atoms with Crippen molar-refractivity contribution in [3.8, 4) is 17.1 Å². The maximum absolute atomic E-state index is 9.31. The summed E-state index contributed by atoms with van der Waals surface area (Å²) in [6.07, 6.45) is 0. The molecule has 0 radical (unpaired) electrons. The summed E-state index contributed by atoms with van der Waals surface area (Å²) in [5, 5.41) is 26.0. The molecule has 6 heteroatoms. The Kier molecular flexibility index (Phi) is 3.99. The molecule has 23 heavy (non-hydrogen) atoms. The second-order valence-corrected chi connectivity index (χ2v) is 5.87. The van der Waals surface area contributed by atoms with Gasteiger partial charge in [0.2, 0.25) is 11.6 Å². The van der Waals surface area contributed by atoms with Gasteiger partial charge in [0, 0.05) is 5.56 Å². The molecule has 0 fully saturated rings. The van der Waals surface area contributed by atoms with Crippen LogP contribution in [0, 0.1) is 0 Å². The van der Waals surface area contributed by atoms with Crippen molar-refractivity contribution in [2.24, 2.45) is 0 Å². The van der Waals surface area contributed by atoms with E-state index in [1.807, 2.05) is 18.2 Å². The molecule has 1 aromatic heterocycles. The average molecular weight is 308 g/mol. The van der Waals surface area contributed by atoms with Crippen molar-refractivity contribution in [2.45, 2.75) is 6.54 Å². The van der Waals surface area contributed by atoms with E-state index in [1.165, 1.54) is 5.69 Å². The molecular weight excluding hydrogens is 290 g/mol. The number of hydrogen-bond donors (Lipinski definition) is 1. The molecule has 6 nitrogen and oxygen atoms in total. The average Bonchev–Trinajstić information content (AvgIpc) is 2.57. The zero-order valence-corrected chi connectivity index (χ0v) is 13.1. The molecule has 0 aliphatic rings. The molecule has 0 amide bonds. The van der Waals surface area contributed by atoms with Crippen LogP contribution < -0.4 is 4.48 Å². The second kappa shape index (κ2) is 6.10. The number of phenols is 1. The van der Waals surface area contributed by atoms with Crippen LogP contribution in [-0.4, -0.2) is 39.6 Å². The van der Waals surface area contributed by atoms with Gasteiger partial charge in [-0.05, 0) is 36.4 Å². The lowest BCUT2D eigenvalue weighted by molar-refractivity contribution is 0.376. The number of hydrogen-bond acceptors (Lipinski definition) is 5. The van der Waals surface area contributed by atoms with Gasteiger partial charge in [-0.25, -0.2) is 0 Å². The number of nitrogens with zero attached hydrogens (tertiary/aromatic N) is 5. The first-order valence-electron chi connectivity index (χ1n) is 7.29. The molecule has 0 bridgehead atoms. The maximum atomic E-state index is 9.31. The highest BCUT2D eigenvalue weighted by atomic mass is 16.3. The number of benzene rings is 2. The van der Waals surface area contributed by atoms with Crippen molar-refractivity contribution < 1.29 is 5.11 Å². The van der Waals surface area contributed by atoms with E-state index >= 15 is 0 Å². The fraction of sp³-hybridized carbons (Fsp3) is 0.176. The predicted molar refractivity (Wildman–Crippen MR) is 88.5 cm³/mol. The molecule has 3 rings (SSSR count). The fourth-order valence-corrected chi connectivity index (χ4v) is 2.32. The van der Waals surface area contributed by atoms with Crippen LogP contribution >= 0.6 is 0 Å². The van der Waals surface area contributed by atoms with Gasteiger partial charge in [0.25, 0.3) is 0 Å². The van der Waals surface area contributed by atoms with Crippen LogP contribution in [0.15, 0.2) is 54.6 Å². The zero-order valence-electron chi connectivity index (χ0n) is 13.1. The van der Waals surface area contributed by atoms with Gasteiger partial charge >= 0.3 is 0 Å². The zero-order chi connectivity index (χ0) is 16.3. The molecule has 0 atom stereocenters. The third-order valence-electron chi connectivity index (χ3n) is 3.64. The van der Waals surface area contributed by atoms with E-state index in [0.717, 1.165) is 5.56 Å². The summed E-state index contributed by atoms with van der Waals surface area (Å²) < 4.78 is 0.614. The summed E-state index contributed by atoms with van der Waals surface area (Å²) in [6.45, 7) is 0.597. The molecule has 0 unspecified atom stereocenters.